The normalized spacial score (nSPS) is 11.5. The van der Waals surface area contributed by atoms with Crippen LogP contribution >= 0.6 is 0 Å². The lowest BCUT2D eigenvalue weighted by Gasteiger charge is -2.14. The number of ether oxygens (including phenoxy) is 3. The van der Waals surface area contributed by atoms with E-state index in [1.54, 1.807) is 12.1 Å². The molecule has 1 atom stereocenters. The topological polar surface area (TPSA) is 44.8 Å². The number of hydrogen-bond donors (Lipinski definition) is 0. The molecule has 0 saturated carbocycles. The van der Waals surface area contributed by atoms with E-state index in [0.29, 0.717) is 11.3 Å². The summed E-state index contributed by atoms with van der Waals surface area (Å²) in [6, 6.07) is 22.8. The van der Waals surface area contributed by atoms with Crippen LogP contribution in [0.25, 0.3) is 11.1 Å². The molecule has 208 valence electrons. The SMILES string of the molecule is C=CCCCCCCOc1ccc(-c2ccc(OC(=O)c3ccc(OC(C)CCCCCC)cc3)cc2)cc1. The van der Waals surface area contributed by atoms with Gasteiger partial charge in [-0.1, -0.05) is 69.4 Å². The molecule has 0 N–H and O–H groups in total. The zero-order valence-corrected chi connectivity index (χ0v) is 23.7. The molecule has 0 aliphatic carbocycles. The van der Waals surface area contributed by atoms with Crippen LogP contribution in [0.15, 0.2) is 85.5 Å². The summed E-state index contributed by atoms with van der Waals surface area (Å²) in [7, 11) is 0. The van der Waals surface area contributed by atoms with Gasteiger partial charge in [0.05, 0.1) is 18.3 Å². The summed E-state index contributed by atoms with van der Waals surface area (Å²) in [5, 5.41) is 0. The van der Waals surface area contributed by atoms with Crippen LogP contribution in [0.3, 0.4) is 0 Å². The summed E-state index contributed by atoms with van der Waals surface area (Å²) in [5.74, 6) is 1.78. The minimum atomic E-state index is -0.385. The summed E-state index contributed by atoms with van der Waals surface area (Å²) in [4.78, 5) is 12.6. The third-order valence-corrected chi connectivity index (χ3v) is 6.72. The van der Waals surface area contributed by atoms with Crippen molar-refractivity contribution in [2.24, 2.45) is 0 Å². The van der Waals surface area contributed by atoms with Crippen LogP contribution in [0.1, 0.15) is 88.4 Å². The summed E-state index contributed by atoms with van der Waals surface area (Å²) in [5.41, 5.74) is 2.63. The van der Waals surface area contributed by atoms with Crippen LogP contribution < -0.4 is 14.2 Å². The molecule has 3 aromatic carbocycles. The molecule has 4 nitrogen and oxygen atoms in total. The first-order valence-corrected chi connectivity index (χ1v) is 14.5. The Balaban J connectivity index is 1.43. The molecule has 0 aliphatic heterocycles. The molecule has 0 aliphatic rings. The van der Waals surface area contributed by atoms with E-state index in [0.717, 1.165) is 48.5 Å². The van der Waals surface area contributed by atoms with Gasteiger partial charge in [0.25, 0.3) is 0 Å². The number of unbranched alkanes of at least 4 members (excludes halogenated alkanes) is 7. The van der Waals surface area contributed by atoms with Gasteiger partial charge in [0.1, 0.15) is 17.2 Å². The number of rotatable bonds is 18. The Hall–Kier alpha value is -3.53. The van der Waals surface area contributed by atoms with Gasteiger partial charge in [0.2, 0.25) is 0 Å². The average molecular weight is 529 g/mol. The summed E-state index contributed by atoms with van der Waals surface area (Å²) < 4.78 is 17.4. The molecule has 0 heterocycles. The fourth-order valence-corrected chi connectivity index (χ4v) is 4.38. The number of benzene rings is 3. The van der Waals surface area contributed by atoms with E-state index in [1.807, 2.05) is 54.6 Å². The van der Waals surface area contributed by atoms with Crippen molar-refractivity contribution in [3.05, 3.63) is 91.0 Å². The van der Waals surface area contributed by atoms with Crippen molar-refractivity contribution in [3.8, 4) is 28.4 Å². The lowest BCUT2D eigenvalue weighted by Crippen LogP contribution is -2.12. The molecule has 39 heavy (non-hydrogen) atoms. The van der Waals surface area contributed by atoms with Gasteiger partial charge < -0.3 is 14.2 Å². The Kier molecular flexibility index (Phi) is 13.2. The first-order chi connectivity index (χ1) is 19.1. The maximum atomic E-state index is 12.6. The van der Waals surface area contributed by atoms with Gasteiger partial charge in [-0.3, -0.25) is 0 Å². The molecule has 0 saturated heterocycles. The van der Waals surface area contributed by atoms with Crippen LogP contribution in [-0.2, 0) is 0 Å². The molecule has 0 radical (unpaired) electrons. The fourth-order valence-electron chi connectivity index (χ4n) is 4.38. The highest BCUT2D eigenvalue weighted by atomic mass is 16.5. The summed E-state index contributed by atoms with van der Waals surface area (Å²) >= 11 is 0. The van der Waals surface area contributed by atoms with Crippen LogP contribution in [0.2, 0.25) is 0 Å². The van der Waals surface area contributed by atoms with E-state index in [4.69, 9.17) is 14.2 Å². The van der Waals surface area contributed by atoms with Crippen LogP contribution in [0, 0.1) is 0 Å². The van der Waals surface area contributed by atoms with E-state index in [1.165, 1.54) is 44.9 Å². The van der Waals surface area contributed by atoms with Gasteiger partial charge >= 0.3 is 5.97 Å². The fraction of sp³-hybridized carbons (Fsp3) is 0.400. The van der Waals surface area contributed by atoms with E-state index >= 15 is 0 Å². The third kappa shape index (κ3) is 11.0. The second kappa shape index (κ2) is 17.1. The number of allylic oxidation sites excluding steroid dienone is 1. The average Bonchev–Trinajstić information content (AvgIpc) is 2.96. The Labute approximate surface area is 235 Å². The molecule has 1 unspecified atom stereocenters. The smallest absolute Gasteiger partial charge is 0.343 e. The Morgan fingerprint density at radius 3 is 1.97 bits per heavy atom. The van der Waals surface area contributed by atoms with Crippen molar-refractivity contribution < 1.29 is 19.0 Å². The Morgan fingerprint density at radius 2 is 1.33 bits per heavy atom. The lowest BCUT2D eigenvalue weighted by atomic mass is 10.1. The van der Waals surface area contributed by atoms with Gasteiger partial charge in [0.15, 0.2) is 0 Å². The second-order valence-corrected chi connectivity index (χ2v) is 10.1. The van der Waals surface area contributed by atoms with Crippen molar-refractivity contribution in [2.45, 2.75) is 84.2 Å². The standard InChI is InChI=1S/C35H44O4/c1-4-6-8-10-11-13-27-37-32-21-15-29(16-22-32)30-17-23-34(24-18-30)39-35(36)31-19-25-33(26-20-31)38-28(3)14-12-9-7-5-2/h4,15-26,28H,1,5-14,27H2,2-3H3. The molecule has 3 aromatic rings. The lowest BCUT2D eigenvalue weighted by molar-refractivity contribution is 0.0734. The molecule has 0 amide bonds. The molecule has 4 heteroatoms. The largest absolute Gasteiger partial charge is 0.494 e. The van der Waals surface area contributed by atoms with Gasteiger partial charge in [0, 0.05) is 0 Å². The van der Waals surface area contributed by atoms with Gasteiger partial charge in [-0.15, -0.1) is 6.58 Å². The summed E-state index contributed by atoms with van der Waals surface area (Å²) in [6.07, 6.45) is 13.9. The minimum Gasteiger partial charge on any atom is -0.494 e. The molecular formula is C35H44O4. The number of esters is 1. The van der Waals surface area contributed by atoms with Crippen LogP contribution in [0.5, 0.6) is 17.2 Å². The molecule has 0 spiro atoms. The van der Waals surface area contributed by atoms with Gasteiger partial charge in [-0.05, 0) is 98.7 Å². The van der Waals surface area contributed by atoms with Crippen LogP contribution in [-0.4, -0.2) is 18.7 Å². The van der Waals surface area contributed by atoms with Crippen LogP contribution in [0.4, 0.5) is 0 Å². The predicted molar refractivity (Wildman–Crippen MR) is 161 cm³/mol. The maximum Gasteiger partial charge on any atom is 0.343 e. The first kappa shape index (κ1) is 30.0. The van der Waals surface area contributed by atoms with Crippen molar-refractivity contribution in [3.63, 3.8) is 0 Å². The van der Waals surface area contributed by atoms with Crippen molar-refractivity contribution in [1.29, 1.82) is 0 Å². The molecular weight excluding hydrogens is 484 g/mol. The van der Waals surface area contributed by atoms with Gasteiger partial charge in [-0.2, -0.15) is 0 Å². The second-order valence-electron chi connectivity index (χ2n) is 10.1. The highest BCUT2D eigenvalue weighted by molar-refractivity contribution is 5.91. The Morgan fingerprint density at radius 1 is 0.744 bits per heavy atom. The molecule has 0 aromatic heterocycles. The predicted octanol–water partition coefficient (Wildman–Crippen LogP) is 9.83. The summed E-state index contributed by atoms with van der Waals surface area (Å²) in [6.45, 7) is 8.81. The zero-order valence-electron chi connectivity index (χ0n) is 23.7. The highest BCUT2D eigenvalue weighted by Crippen LogP contribution is 2.25. The number of carbonyl (C=O) groups excluding carboxylic acids is 1. The van der Waals surface area contributed by atoms with Crippen molar-refractivity contribution in [1.82, 2.24) is 0 Å². The number of carbonyl (C=O) groups is 1. The van der Waals surface area contributed by atoms with E-state index in [2.05, 4.69) is 32.6 Å². The quantitative estimate of drug-likeness (QED) is 0.0713. The minimum absolute atomic E-state index is 0.157. The van der Waals surface area contributed by atoms with E-state index in [-0.39, 0.29) is 12.1 Å². The Bertz CT molecular complexity index is 1100. The van der Waals surface area contributed by atoms with E-state index < -0.39 is 0 Å². The third-order valence-electron chi connectivity index (χ3n) is 6.72. The molecule has 0 bridgehead atoms. The van der Waals surface area contributed by atoms with Crippen molar-refractivity contribution in [2.75, 3.05) is 6.61 Å². The van der Waals surface area contributed by atoms with Gasteiger partial charge in [-0.25, -0.2) is 4.79 Å². The van der Waals surface area contributed by atoms with Crippen molar-refractivity contribution >= 4 is 5.97 Å². The van der Waals surface area contributed by atoms with E-state index in [9.17, 15) is 4.79 Å². The zero-order chi connectivity index (χ0) is 27.7. The first-order valence-electron chi connectivity index (χ1n) is 14.5. The maximum absolute atomic E-state index is 12.6. The highest BCUT2D eigenvalue weighted by Gasteiger charge is 2.11. The number of hydrogen-bond acceptors (Lipinski definition) is 4. The molecule has 0 fully saturated rings. The molecule has 3 rings (SSSR count). The monoisotopic (exact) mass is 528 g/mol.